The minimum absolute atomic E-state index is 0.107. The molecule has 1 aromatic carbocycles. The Morgan fingerprint density at radius 2 is 1.81 bits per heavy atom. The highest BCUT2D eigenvalue weighted by molar-refractivity contribution is 6.03. The van der Waals surface area contributed by atoms with Gasteiger partial charge in [-0.2, -0.15) is 0 Å². The summed E-state index contributed by atoms with van der Waals surface area (Å²) in [6, 6.07) is 4.54. The van der Waals surface area contributed by atoms with Crippen LogP contribution in [0.5, 0.6) is 0 Å². The van der Waals surface area contributed by atoms with Crippen molar-refractivity contribution in [2.45, 2.75) is 13.8 Å². The Labute approximate surface area is 145 Å². The SMILES string of the molecule is Cc1nc(Nc2cc(C)on2)cc(C(=O)Nc2ccc(F)c(F)c2F)n1. The van der Waals surface area contributed by atoms with Crippen molar-refractivity contribution in [2.24, 2.45) is 0 Å². The second kappa shape index (κ2) is 6.82. The largest absolute Gasteiger partial charge is 0.360 e. The van der Waals surface area contributed by atoms with Crippen molar-refractivity contribution in [3.63, 3.8) is 0 Å². The summed E-state index contributed by atoms with van der Waals surface area (Å²) in [7, 11) is 0. The molecule has 2 heterocycles. The summed E-state index contributed by atoms with van der Waals surface area (Å²) in [5.74, 6) is -3.89. The minimum atomic E-state index is -1.68. The number of aryl methyl sites for hydroxylation is 2. The highest BCUT2D eigenvalue weighted by Crippen LogP contribution is 2.21. The van der Waals surface area contributed by atoms with Crippen LogP contribution in [0.1, 0.15) is 22.1 Å². The molecule has 2 N–H and O–H groups in total. The van der Waals surface area contributed by atoms with Crippen LogP contribution >= 0.6 is 0 Å². The fourth-order valence-corrected chi connectivity index (χ4v) is 2.11. The second-order valence-corrected chi connectivity index (χ2v) is 5.31. The van der Waals surface area contributed by atoms with Gasteiger partial charge in [-0.25, -0.2) is 23.1 Å². The second-order valence-electron chi connectivity index (χ2n) is 5.31. The van der Waals surface area contributed by atoms with E-state index in [4.69, 9.17) is 4.52 Å². The Bertz CT molecular complexity index is 990. The van der Waals surface area contributed by atoms with Crippen LogP contribution in [0.4, 0.5) is 30.5 Å². The first-order valence-corrected chi connectivity index (χ1v) is 7.34. The van der Waals surface area contributed by atoms with Crippen LogP contribution in [0.2, 0.25) is 0 Å². The highest BCUT2D eigenvalue weighted by atomic mass is 19.2. The molecular formula is C16H12F3N5O2. The van der Waals surface area contributed by atoms with Crippen LogP contribution in [-0.4, -0.2) is 21.0 Å². The number of anilines is 3. The lowest BCUT2D eigenvalue weighted by Gasteiger charge is -2.09. The monoisotopic (exact) mass is 363 g/mol. The third-order valence-corrected chi connectivity index (χ3v) is 3.24. The van der Waals surface area contributed by atoms with Gasteiger partial charge in [0, 0.05) is 12.1 Å². The molecule has 0 aliphatic heterocycles. The van der Waals surface area contributed by atoms with E-state index in [0.29, 0.717) is 17.6 Å². The highest BCUT2D eigenvalue weighted by Gasteiger charge is 2.17. The molecular weight excluding hydrogens is 351 g/mol. The summed E-state index contributed by atoms with van der Waals surface area (Å²) in [5.41, 5.74) is -0.615. The van der Waals surface area contributed by atoms with Crippen molar-refractivity contribution in [3.05, 3.63) is 59.0 Å². The standard InChI is InChI=1S/C16H12F3N5O2/c1-7-5-13(24-26-7)23-12-6-11(20-8(2)21-12)16(25)22-10-4-3-9(17)14(18)15(10)19/h3-6H,1-2H3,(H,22,25)(H,20,21,23,24). The Kier molecular flexibility index (Phi) is 4.57. The maximum Gasteiger partial charge on any atom is 0.274 e. The predicted molar refractivity (Wildman–Crippen MR) is 85.6 cm³/mol. The fourth-order valence-electron chi connectivity index (χ4n) is 2.11. The van der Waals surface area contributed by atoms with Gasteiger partial charge in [0.15, 0.2) is 23.3 Å². The van der Waals surface area contributed by atoms with Crippen LogP contribution in [0, 0.1) is 31.3 Å². The minimum Gasteiger partial charge on any atom is -0.360 e. The number of hydrogen-bond donors (Lipinski definition) is 2. The van der Waals surface area contributed by atoms with Gasteiger partial charge in [0.2, 0.25) is 0 Å². The van der Waals surface area contributed by atoms with E-state index in [0.717, 1.165) is 6.07 Å². The Morgan fingerprint density at radius 1 is 1.04 bits per heavy atom. The Balaban J connectivity index is 1.84. The molecule has 3 aromatic rings. The summed E-state index contributed by atoms with van der Waals surface area (Å²) in [6.07, 6.45) is 0. The number of nitrogens with one attached hydrogen (secondary N) is 2. The number of carbonyl (C=O) groups is 1. The summed E-state index contributed by atoms with van der Waals surface area (Å²) < 4.78 is 44.8. The topological polar surface area (TPSA) is 92.9 Å². The summed E-state index contributed by atoms with van der Waals surface area (Å²) in [4.78, 5) is 20.3. The van der Waals surface area contributed by atoms with E-state index in [1.807, 2.05) is 0 Å². The summed E-state index contributed by atoms with van der Waals surface area (Å²) in [5, 5.41) is 8.72. The molecule has 10 heteroatoms. The van der Waals surface area contributed by atoms with E-state index < -0.39 is 29.0 Å². The maximum atomic E-state index is 13.7. The van der Waals surface area contributed by atoms with E-state index in [1.54, 1.807) is 19.9 Å². The van der Waals surface area contributed by atoms with Gasteiger partial charge < -0.3 is 15.2 Å². The van der Waals surface area contributed by atoms with Gasteiger partial charge in [-0.3, -0.25) is 4.79 Å². The zero-order chi connectivity index (χ0) is 18.8. The number of amides is 1. The van der Waals surface area contributed by atoms with E-state index in [-0.39, 0.29) is 17.3 Å². The third kappa shape index (κ3) is 3.63. The molecule has 0 bridgehead atoms. The van der Waals surface area contributed by atoms with Crippen LogP contribution in [0.3, 0.4) is 0 Å². The van der Waals surface area contributed by atoms with E-state index in [9.17, 15) is 18.0 Å². The summed E-state index contributed by atoms with van der Waals surface area (Å²) >= 11 is 0. The van der Waals surface area contributed by atoms with Crippen LogP contribution in [-0.2, 0) is 0 Å². The van der Waals surface area contributed by atoms with Gasteiger partial charge >= 0.3 is 0 Å². The lowest BCUT2D eigenvalue weighted by atomic mass is 10.2. The molecule has 26 heavy (non-hydrogen) atoms. The number of halogens is 3. The first-order chi connectivity index (χ1) is 12.3. The van der Waals surface area contributed by atoms with Gasteiger partial charge in [-0.1, -0.05) is 5.16 Å². The molecule has 0 saturated carbocycles. The molecule has 2 aromatic heterocycles. The van der Waals surface area contributed by atoms with Crippen LogP contribution < -0.4 is 10.6 Å². The van der Waals surface area contributed by atoms with Gasteiger partial charge in [-0.05, 0) is 26.0 Å². The van der Waals surface area contributed by atoms with E-state index in [2.05, 4.69) is 25.8 Å². The quantitative estimate of drug-likeness (QED) is 0.689. The zero-order valence-corrected chi connectivity index (χ0v) is 13.6. The molecule has 1 amide bonds. The lowest BCUT2D eigenvalue weighted by molar-refractivity contribution is 0.102. The Hall–Kier alpha value is -3.43. The molecule has 134 valence electrons. The van der Waals surface area contributed by atoms with Gasteiger partial charge in [0.1, 0.15) is 23.1 Å². The van der Waals surface area contributed by atoms with Crippen molar-refractivity contribution < 1.29 is 22.5 Å². The first-order valence-electron chi connectivity index (χ1n) is 7.34. The van der Waals surface area contributed by atoms with Crippen molar-refractivity contribution in [2.75, 3.05) is 10.6 Å². The molecule has 7 nitrogen and oxygen atoms in total. The van der Waals surface area contributed by atoms with Gasteiger partial charge in [0.25, 0.3) is 5.91 Å². The smallest absolute Gasteiger partial charge is 0.274 e. The lowest BCUT2D eigenvalue weighted by Crippen LogP contribution is -2.17. The molecule has 0 radical (unpaired) electrons. The van der Waals surface area contributed by atoms with Gasteiger partial charge in [0.05, 0.1) is 5.69 Å². The summed E-state index contributed by atoms with van der Waals surface area (Å²) in [6.45, 7) is 3.26. The zero-order valence-electron chi connectivity index (χ0n) is 13.6. The van der Waals surface area contributed by atoms with Gasteiger partial charge in [-0.15, -0.1) is 0 Å². The van der Waals surface area contributed by atoms with Crippen molar-refractivity contribution in [3.8, 4) is 0 Å². The number of aromatic nitrogens is 3. The molecule has 0 spiro atoms. The molecule has 0 saturated heterocycles. The maximum absolute atomic E-state index is 13.7. The normalized spacial score (nSPS) is 10.7. The fraction of sp³-hybridized carbons (Fsp3) is 0.125. The average molecular weight is 363 g/mol. The van der Waals surface area contributed by atoms with E-state index >= 15 is 0 Å². The third-order valence-electron chi connectivity index (χ3n) is 3.24. The van der Waals surface area contributed by atoms with Crippen molar-refractivity contribution >= 4 is 23.2 Å². The number of benzene rings is 1. The van der Waals surface area contributed by atoms with E-state index in [1.165, 1.54) is 6.07 Å². The molecule has 0 atom stereocenters. The van der Waals surface area contributed by atoms with Crippen molar-refractivity contribution in [1.82, 2.24) is 15.1 Å². The Morgan fingerprint density at radius 3 is 2.50 bits per heavy atom. The average Bonchev–Trinajstić information content (AvgIpc) is 2.99. The van der Waals surface area contributed by atoms with Crippen LogP contribution in [0.15, 0.2) is 28.8 Å². The molecule has 0 fully saturated rings. The number of hydrogen-bond acceptors (Lipinski definition) is 6. The number of carbonyl (C=O) groups excluding carboxylic acids is 1. The first kappa shape index (κ1) is 17.4. The van der Waals surface area contributed by atoms with Crippen molar-refractivity contribution in [1.29, 1.82) is 0 Å². The molecule has 0 aliphatic rings. The number of rotatable bonds is 4. The molecule has 0 aliphatic carbocycles. The number of nitrogens with zero attached hydrogens (tertiary/aromatic N) is 3. The molecule has 0 unspecified atom stereocenters. The predicted octanol–water partition coefficient (Wildman–Crippen LogP) is 3.49. The molecule has 3 rings (SSSR count). The van der Waals surface area contributed by atoms with Crippen LogP contribution in [0.25, 0.3) is 0 Å².